The molecule has 8 nitrogen and oxygen atoms in total. The number of ketones is 1. The molecule has 0 aliphatic heterocycles. The first-order valence-corrected chi connectivity index (χ1v) is 8.71. The van der Waals surface area contributed by atoms with E-state index in [2.05, 4.69) is 0 Å². The molecule has 0 radical (unpaired) electrons. The van der Waals surface area contributed by atoms with Crippen LogP contribution in [0.1, 0.15) is 39.5 Å². The molecule has 0 fully saturated rings. The molecule has 0 aromatic carbocycles. The van der Waals surface area contributed by atoms with Crippen LogP contribution < -0.4 is 0 Å². The maximum atomic E-state index is 12.1. The molecule has 0 aromatic rings. The minimum atomic E-state index is -1.18. The van der Waals surface area contributed by atoms with Crippen LogP contribution in [-0.4, -0.2) is 54.7 Å². The van der Waals surface area contributed by atoms with Crippen molar-refractivity contribution in [3.8, 4) is 0 Å². The van der Waals surface area contributed by atoms with Gasteiger partial charge in [0.15, 0.2) is 24.6 Å². The van der Waals surface area contributed by atoms with Gasteiger partial charge in [0.2, 0.25) is 0 Å². The summed E-state index contributed by atoms with van der Waals surface area (Å²) < 4.78 is 15.0. The topological polar surface area (TPSA) is 116 Å². The molecular formula is C19H26O8. The van der Waals surface area contributed by atoms with E-state index in [9.17, 15) is 19.2 Å². The van der Waals surface area contributed by atoms with Crippen molar-refractivity contribution < 1.29 is 38.5 Å². The van der Waals surface area contributed by atoms with Crippen LogP contribution in [0.2, 0.25) is 0 Å². The van der Waals surface area contributed by atoms with Crippen LogP contribution >= 0.6 is 0 Å². The van der Waals surface area contributed by atoms with E-state index in [-0.39, 0.29) is 18.8 Å². The van der Waals surface area contributed by atoms with E-state index in [1.54, 1.807) is 0 Å². The van der Waals surface area contributed by atoms with Crippen molar-refractivity contribution >= 4 is 23.7 Å². The zero-order chi connectivity index (χ0) is 20.4. The molecule has 0 saturated heterocycles. The van der Waals surface area contributed by atoms with Gasteiger partial charge in [0.25, 0.3) is 0 Å². The maximum Gasteiger partial charge on any atom is 0.344 e. The van der Waals surface area contributed by atoms with Crippen LogP contribution in [0.4, 0.5) is 0 Å². The third kappa shape index (κ3) is 8.17. The minimum Gasteiger partial charge on any atom is -0.481 e. The summed E-state index contributed by atoms with van der Waals surface area (Å²) in [6.07, 6.45) is 4.65. The number of rotatable bonds is 11. The Morgan fingerprint density at radius 2 is 1.96 bits per heavy atom. The molecule has 0 saturated carbocycles. The number of aliphatic carboxylic acids is 1. The number of allylic oxidation sites excluding steroid dienone is 3. The van der Waals surface area contributed by atoms with Gasteiger partial charge in [0, 0.05) is 26.4 Å². The lowest BCUT2D eigenvalue weighted by Crippen LogP contribution is -2.32. The fourth-order valence-electron chi connectivity index (χ4n) is 2.55. The molecule has 0 bridgehead atoms. The molecular weight excluding hydrogens is 356 g/mol. The number of hydrogen-bond donors (Lipinski definition) is 1. The Balaban J connectivity index is 2.51. The summed E-state index contributed by atoms with van der Waals surface area (Å²) in [6, 6.07) is 0. The zero-order valence-corrected chi connectivity index (χ0v) is 15.8. The first kappa shape index (κ1) is 22.6. The Bertz CT molecular complexity index is 619. The van der Waals surface area contributed by atoms with E-state index in [1.807, 2.05) is 25.2 Å². The largest absolute Gasteiger partial charge is 0.481 e. The number of Topliss-reactive ketones (excluding diaryl/α,β-unsaturated/α-hetero) is 1. The molecule has 1 aliphatic rings. The number of carboxylic acids is 1. The predicted molar refractivity (Wildman–Crippen MR) is 94.8 cm³/mol. The van der Waals surface area contributed by atoms with Crippen LogP contribution in [0.25, 0.3) is 0 Å². The second kappa shape index (κ2) is 11.3. The predicted octanol–water partition coefficient (Wildman–Crippen LogP) is 1.82. The first-order chi connectivity index (χ1) is 12.7. The summed E-state index contributed by atoms with van der Waals surface area (Å²) in [4.78, 5) is 46.0. The van der Waals surface area contributed by atoms with Crippen molar-refractivity contribution in [3.05, 3.63) is 23.8 Å². The Morgan fingerprint density at radius 3 is 2.52 bits per heavy atom. The quantitative estimate of drug-likeness (QED) is 0.538. The molecule has 3 atom stereocenters. The highest BCUT2D eigenvalue weighted by Gasteiger charge is 2.26. The molecule has 1 N–H and O–H groups in total. The number of carboxylic acid groups (broad SMARTS) is 1. The summed E-state index contributed by atoms with van der Waals surface area (Å²) in [5.74, 6) is -2.92. The number of methoxy groups -OCH3 is 1. The number of carbonyl (C=O) groups excluding carboxylic acids is 3. The smallest absolute Gasteiger partial charge is 0.344 e. The van der Waals surface area contributed by atoms with E-state index in [0.29, 0.717) is 6.42 Å². The highest BCUT2D eigenvalue weighted by atomic mass is 16.6. The lowest BCUT2D eigenvalue weighted by molar-refractivity contribution is -0.169. The molecule has 3 unspecified atom stereocenters. The monoisotopic (exact) mass is 382 g/mol. The lowest BCUT2D eigenvalue weighted by atomic mass is 9.89. The van der Waals surface area contributed by atoms with Crippen molar-refractivity contribution in [1.29, 1.82) is 0 Å². The normalized spacial score (nSPS) is 18.2. The number of hydrogen-bond acceptors (Lipinski definition) is 7. The van der Waals surface area contributed by atoms with Gasteiger partial charge >= 0.3 is 17.9 Å². The van der Waals surface area contributed by atoms with Crippen LogP contribution in [0, 0.1) is 5.92 Å². The molecule has 0 aromatic heterocycles. The molecule has 0 spiro atoms. The molecule has 0 amide bonds. The van der Waals surface area contributed by atoms with Crippen molar-refractivity contribution in [3.63, 3.8) is 0 Å². The second-order valence-corrected chi connectivity index (χ2v) is 6.36. The summed E-state index contributed by atoms with van der Waals surface area (Å²) in [5.41, 5.74) is 1.05. The minimum absolute atomic E-state index is 0.134. The third-order valence-corrected chi connectivity index (χ3v) is 4.22. The van der Waals surface area contributed by atoms with Gasteiger partial charge in [-0.1, -0.05) is 30.7 Å². The molecule has 150 valence electrons. The average Bonchev–Trinajstić information content (AvgIpc) is 2.62. The van der Waals surface area contributed by atoms with Crippen molar-refractivity contribution in [2.45, 2.75) is 51.7 Å². The third-order valence-electron chi connectivity index (χ3n) is 4.22. The van der Waals surface area contributed by atoms with Crippen molar-refractivity contribution in [2.75, 3.05) is 13.7 Å². The van der Waals surface area contributed by atoms with Crippen LogP contribution in [0.3, 0.4) is 0 Å². The average molecular weight is 382 g/mol. The molecule has 0 heterocycles. The molecule has 1 aliphatic carbocycles. The van der Waals surface area contributed by atoms with Gasteiger partial charge in [-0.3, -0.25) is 9.59 Å². The fourth-order valence-corrected chi connectivity index (χ4v) is 2.55. The van der Waals surface area contributed by atoms with E-state index >= 15 is 0 Å². The maximum absolute atomic E-state index is 12.1. The summed E-state index contributed by atoms with van der Waals surface area (Å²) in [6.45, 7) is 2.56. The van der Waals surface area contributed by atoms with Gasteiger partial charge in [-0.15, -0.1) is 0 Å². The zero-order valence-electron chi connectivity index (χ0n) is 15.8. The summed E-state index contributed by atoms with van der Waals surface area (Å²) in [7, 11) is 1.38. The highest BCUT2D eigenvalue weighted by Crippen LogP contribution is 2.25. The Kier molecular flexibility index (Phi) is 9.42. The van der Waals surface area contributed by atoms with Crippen LogP contribution in [0.5, 0.6) is 0 Å². The highest BCUT2D eigenvalue weighted by molar-refractivity contribution is 5.85. The summed E-state index contributed by atoms with van der Waals surface area (Å²) >= 11 is 0. The van der Waals surface area contributed by atoms with Crippen LogP contribution in [-0.2, 0) is 33.4 Å². The van der Waals surface area contributed by atoms with E-state index in [1.165, 1.54) is 14.0 Å². The Hall–Kier alpha value is -2.48. The van der Waals surface area contributed by atoms with Gasteiger partial charge in [-0.05, 0) is 19.3 Å². The fraction of sp³-hybridized carbons (Fsp3) is 0.579. The number of ether oxygens (including phenoxy) is 3. The van der Waals surface area contributed by atoms with Crippen LogP contribution in [0.15, 0.2) is 23.8 Å². The van der Waals surface area contributed by atoms with Gasteiger partial charge in [-0.25, -0.2) is 9.59 Å². The van der Waals surface area contributed by atoms with Gasteiger partial charge in [-0.2, -0.15) is 0 Å². The van der Waals surface area contributed by atoms with Gasteiger partial charge in [0.1, 0.15) is 0 Å². The van der Waals surface area contributed by atoms with Gasteiger partial charge in [0.05, 0.1) is 0 Å². The van der Waals surface area contributed by atoms with Crippen molar-refractivity contribution in [1.82, 2.24) is 0 Å². The van der Waals surface area contributed by atoms with Gasteiger partial charge < -0.3 is 19.3 Å². The van der Waals surface area contributed by atoms with E-state index in [4.69, 9.17) is 19.3 Å². The Morgan fingerprint density at radius 1 is 1.26 bits per heavy atom. The molecule has 1 rings (SSSR count). The standard InChI is InChI=1S/C19H26O8/c1-12-6-4-5-7-14(12)10-16(25-3)19(24)26-11-18(23)27-15(13(2)20)8-9-17(21)22/h4-5,7,12,15-16H,6,8-11H2,1-3H3,(H,21,22). The molecule has 27 heavy (non-hydrogen) atoms. The lowest BCUT2D eigenvalue weighted by Gasteiger charge is -2.21. The first-order valence-electron chi connectivity index (χ1n) is 8.71. The Labute approximate surface area is 158 Å². The SMILES string of the molecule is COC(CC1=CC=CCC1C)C(=O)OCC(=O)OC(CCC(=O)O)C(C)=O. The second-order valence-electron chi connectivity index (χ2n) is 6.36. The van der Waals surface area contributed by atoms with E-state index < -0.39 is 42.5 Å². The number of carbonyl (C=O) groups is 4. The molecule has 8 heteroatoms. The van der Waals surface area contributed by atoms with E-state index in [0.717, 1.165) is 12.0 Å². The van der Waals surface area contributed by atoms with Crippen molar-refractivity contribution in [2.24, 2.45) is 5.92 Å². The summed E-state index contributed by atoms with van der Waals surface area (Å²) in [5, 5.41) is 8.65. The number of esters is 2.